The first-order chi connectivity index (χ1) is 16.1. The van der Waals surface area contributed by atoms with Crippen LogP contribution in [-0.2, 0) is 24.0 Å². The van der Waals surface area contributed by atoms with E-state index in [0.29, 0.717) is 0 Å². The third-order valence-electron chi connectivity index (χ3n) is 4.76. The zero-order valence-electron chi connectivity index (χ0n) is 20.2. The van der Waals surface area contributed by atoms with Gasteiger partial charge in [-0.05, 0) is 32.1 Å². The molecule has 0 fully saturated rings. The number of rotatable bonds is 16. The van der Waals surface area contributed by atoms with Crippen LogP contribution in [0.5, 0.6) is 0 Å². The number of aliphatic hydroxyl groups is 1. The molecule has 0 heterocycles. The molecule has 0 aromatic rings. The van der Waals surface area contributed by atoms with Crippen LogP contribution in [0.4, 0.5) is 0 Å². The molecule has 35 heavy (non-hydrogen) atoms. The SMILES string of the molecule is CC(C)CC(NC(=O)C(N)C(C)O)C(=O)NC(CCCN=C(N)N)C(=O)NC(CC(N)=O)C(=O)O. The molecule has 0 saturated heterocycles. The van der Waals surface area contributed by atoms with Gasteiger partial charge in [0.05, 0.1) is 12.5 Å². The van der Waals surface area contributed by atoms with Gasteiger partial charge in [-0.1, -0.05) is 13.8 Å². The topological polar surface area (TPSA) is 278 Å². The van der Waals surface area contributed by atoms with Crippen LogP contribution in [0.1, 0.15) is 46.5 Å². The van der Waals surface area contributed by atoms with Crippen molar-refractivity contribution in [3.63, 3.8) is 0 Å². The zero-order chi connectivity index (χ0) is 27.3. The van der Waals surface area contributed by atoms with Crippen molar-refractivity contribution in [1.82, 2.24) is 16.0 Å². The number of guanidine groups is 1. The Bertz CT molecular complexity index is 783. The Morgan fingerprint density at radius 3 is 1.83 bits per heavy atom. The molecular formula is C20H38N8O7. The van der Waals surface area contributed by atoms with Gasteiger partial charge in [-0.25, -0.2) is 4.79 Å². The standard InChI is InChI=1S/C20H38N8O7/c1-9(2)7-12(27-18(33)15(22)10(3)29)17(32)26-11(5-4-6-25-20(23)24)16(31)28-13(19(34)35)8-14(21)30/h9-13,15,29H,4-8,22H2,1-3H3,(H2,21,30)(H,26,32)(H,27,33)(H,28,31)(H,34,35)(H4,23,24,25). The maximum atomic E-state index is 13.0. The second-order valence-corrected chi connectivity index (χ2v) is 8.54. The van der Waals surface area contributed by atoms with Crippen molar-refractivity contribution in [3.8, 4) is 0 Å². The van der Waals surface area contributed by atoms with E-state index in [2.05, 4.69) is 20.9 Å². The van der Waals surface area contributed by atoms with Crippen LogP contribution in [0, 0.1) is 5.92 Å². The Kier molecular flexibility index (Phi) is 13.9. The average molecular weight is 503 g/mol. The summed E-state index contributed by atoms with van der Waals surface area (Å²) in [4.78, 5) is 64.4. The van der Waals surface area contributed by atoms with Crippen molar-refractivity contribution in [1.29, 1.82) is 0 Å². The summed E-state index contributed by atoms with van der Waals surface area (Å²) in [5.74, 6) is -5.02. The number of aliphatic carboxylic acids is 1. The van der Waals surface area contributed by atoms with Crippen LogP contribution in [0.25, 0.3) is 0 Å². The summed E-state index contributed by atoms with van der Waals surface area (Å²) in [6.45, 7) is 5.06. The van der Waals surface area contributed by atoms with Crippen LogP contribution in [0.3, 0.4) is 0 Å². The van der Waals surface area contributed by atoms with Crippen molar-refractivity contribution in [2.24, 2.45) is 33.8 Å². The molecule has 15 heteroatoms. The maximum Gasteiger partial charge on any atom is 0.326 e. The summed E-state index contributed by atoms with van der Waals surface area (Å²) in [6, 6.07) is -5.22. The first-order valence-electron chi connectivity index (χ1n) is 11.1. The molecule has 0 saturated carbocycles. The number of nitrogens with zero attached hydrogens (tertiary/aromatic N) is 1. The Morgan fingerprint density at radius 2 is 1.37 bits per heavy atom. The van der Waals surface area contributed by atoms with Crippen LogP contribution >= 0.6 is 0 Å². The molecule has 0 bridgehead atoms. The normalized spacial score (nSPS) is 15.1. The first-order valence-corrected chi connectivity index (χ1v) is 11.1. The third-order valence-corrected chi connectivity index (χ3v) is 4.76. The number of hydrogen-bond acceptors (Lipinski definition) is 8. The van der Waals surface area contributed by atoms with Gasteiger partial charge in [0.15, 0.2) is 5.96 Å². The highest BCUT2D eigenvalue weighted by atomic mass is 16.4. The largest absolute Gasteiger partial charge is 0.480 e. The third kappa shape index (κ3) is 13.1. The minimum atomic E-state index is -1.60. The van der Waals surface area contributed by atoms with Gasteiger partial charge in [0, 0.05) is 6.54 Å². The minimum absolute atomic E-state index is 0.00674. The van der Waals surface area contributed by atoms with Gasteiger partial charge >= 0.3 is 5.97 Å². The monoisotopic (exact) mass is 502 g/mol. The second-order valence-electron chi connectivity index (χ2n) is 8.54. The number of carbonyl (C=O) groups is 5. The van der Waals surface area contributed by atoms with Crippen LogP contribution in [0.2, 0.25) is 0 Å². The molecule has 4 amide bonds. The van der Waals surface area contributed by atoms with E-state index in [1.165, 1.54) is 6.92 Å². The number of aliphatic hydroxyl groups excluding tert-OH is 1. The number of primary amides is 1. The van der Waals surface area contributed by atoms with Crippen LogP contribution in [0.15, 0.2) is 4.99 Å². The minimum Gasteiger partial charge on any atom is -0.480 e. The molecule has 0 spiro atoms. The fraction of sp³-hybridized carbons (Fsp3) is 0.700. The van der Waals surface area contributed by atoms with E-state index >= 15 is 0 Å². The molecule has 0 rings (SSSR count). The summed E-state index contributed by atoms with van der Waals surface area (Å²) in [5, 5.41) is 25.9. The smallest absolute Gasteiger partial charge is 0.326 e. The van der Waals surface area contributed by atoms with E-state index in [-0.39, 0.29) is 37.7 Å². The average Bonchev–Trinajstić information content (AvgIpc) is 2.72. The fourth-order valence-electron chi connectivity index (χ4n) is 2.91. The van der Waals surface area contributed by atoms with Gasteiger partial charge < -0.3 is 49.1 Å². The zero-order valence-corrected chi connectivity index (χ0v) is 20.2. The van der Waals surface area contributed by atoms with Crippen LogP contribution < -0.4 is 38.9 Å². The number of nitrogens with two attached hydrogens (primary N) is 4. The van der Waals surface area contributed by atoms with Gasteiger partial charge in [0.1, 0.15) is 24.2 Å². The summed E-state index contributed by atoms with van der Waals surface area (Å²) in [5.41, 5.74) is 21.2. The number of amides is 4. The molecular weight excluding hydrogens is 464 g/mol. The number of carboxylic acid groups (broad SMARTS) is 1. The molecule has 0 radical (unpaired) electrons. The number of aliphatic imine (C=N–C) groups is 1. The molecule has 15 nitrogen and oxygen atoms in total. The number of nitrogens with one attached hydrogen (secondary N) is 3. The molecule has 0 aliphatic rings. The molecule has 200 valence electrons. The molecule has 5 unspecified atom stereocenters. The van der Waals surface area contributed by atoms with Crippen molar-refractivity contribution in [2.45, 2.75) is 76.7 Å². The highest BCUT2D eigenvalue weighted by molar-refractivity contribution is 5.95. The summed E-state index contributed by atoms with van der Waals surface area (Å²) < 4.78 is 0. The predicted molar refractivity (Wildman–Crippen MR) is 126 cm³/mol. The van der Waals surface area contributed by atoms with E-state index < -0.39 is 66.3 Å². The molecule has 0 aliphatic heterocycles. The van der Waals surface area contributed by atoms with Gasteiger partial charge in [-0.15, -0.1) is 0 Å². The van der Waals surface area contributed by atoms with E-state index in [0.717, 1.165) is 0 Å². The van der Waals surface area contributed by atoms with Crippen LogP contribution in [-0.4, -0.2) is 82.6 Å². The summed E-state index contributed by atoms with van der Waals surface area (Å²) in [6.07, 6.45) is -1.39. The highest BCUT2D eigenvalue weighted by Crippen LogP contribution is 2.08. The Morgan fingerprint density at radius 1 is 0.857 bits per heavy atom. The van der Waals surface area contributed by atoms with Gasteiger partial charge in [-0.2, -0.15) is 0 Å². The predicted octanol–water partition coefficient (Wildman–Crippen LogP) is -3.79. The summed E-state index contributed by atoms with van der Waals surface area (Å²) >= 11 is 0. The van der Waals surface area contributed by atoms with Gasteiger partial charge in [0.25, 0.3) is 0 Å². The molecule has 5 atom stereocenters. The quantitative estimate of drug-likeness (QED) is 0.0563. The maximum absolute atomic E-state index is 13.0. The van der Waals surface area contributed by atoms with E-state index in [4.69, 9.17) is 22.9 Å². The van der Waals surface area contributed by atoms with Gasteiger partial charge in [0.2, 0.25) is 23.6 Å². The number of carboxylic acids is 1. The second kappa shape index (κ2) is 15.4. The molecule has 0 aromatic heterocycles. The Labute approximate surface area is 203 Å². The number of carbonyl (C=O) groups excluding carboxylic acids is 4. The first kappa shape index (κ1) is 31.5. The summed E-state index contributed by atoms with van der Waals surface area (Å²) in [7, 11) is 0. The fourth-order valence-corrected chi connectivity index (χ4v) is 2.91. The highest BCUT2D eigenvalue weighted by Gasteiger charge is 2.31. The Hall–Kier alpha value is -3.46. The van der Waals surface area contributed by atoms with E-state index in [1.54, 1.807) is 0 Å². The van der Waals surface area contributed by atoms with Crippen molar-refractivity contribution in [3.05, 3.63) is 0 Å². The lowest BCUT2D eigenvalue weighted by Gasteiger charge is -2.26. The van der Waals surface area contributed by atoms with E-state index in [9.17, 15) is 34.2 Å². The van der Waals surface area contributed by atoms with Gasteiger partial charge in [-0.3, -0.25) is 24.2 Å². The van der Waals surface area contributed by atoms with Crippen molar-refractivity contribution in [2.75, 3.05) is 6.54 Å². The van der Waals surface area contributed by atoms with Crippen molar-refractivity contribution < 1.29 is 34.2 Å². The lowest BCUT2D eigenvalue weighted by molar-refractivity contribution is -0.143. The molecule has 0 aliphatic carbocycles. The lowest BCUT2D eigenvalue weighted by Crippen LogP contribution is -2.58. The van der Waals surface area contributed by atoms with E-state index in [1.807, 2.05) is 13.8 Å². The van der Waals surface area contributed by atoms with Crippen molar-refractivity contribution >= 4 is 35.6 Å². The molecule has 13 N–H and O–H groups in total. The lowest BCUT2D eigenvalue weighted by atomic mass is 10.0. The number of hydrogen-bond donors (Lipinski definition) is 9. The molecule has 0 aromatic carbocycles. The Balaban J connectivity index is 5.66.